The summed E-state index contributed by atoms with van der Waals surface area (Å²) >= 11 is 0. The molecule has 0 aliphatic rings. The molecule has 0 aromatic heterocycles. The lowest BCUT2D eigenvalue weighted by molar-refractivity contribution is 0.146. The second-order valence-corrected chi connectivity index (χ2v) is 7.12. The van der Waals surface area contributed by atoms with Gasteiger partial charge in [-0.1, -0.05) is 13.8 Å². The molecule has 108 valence electrons. The molecular formula is C13H19ClO4S. The van der Waals surface area contributed by atoms with E-state index in [1.54, 1.807) is 26.2 Å². The lowest BCUT2D eigenvalue weighted by atomic mass is 10.0. The normalized spacial score (nSPS) is 11.9. The molecule has 0 unspecified atom stereocenters. The van der Waals surface area contributed by atoms with Crippen LogP contribution in [-0.4, -0.2) is 28.7 Å². The van der Waals surface area contributed by atoms with E-state index in [1.807, 2.05) is 13.8 Å². The molecule has 0 aliphatic carbocycles. The summed E-state index contributed by atoms with van der Waals surface area (Å²) in [4.78, 5) is 0.153. The first-order valence-electron chi connectivity index (χ1n) is 5.98. The fourth-order valence-corrected chi connectivity index (χ4v) is 3.02. The van der Waals surface area contributed by atoms with Gasteiger partial charge in [0.1, 0.15) is 12.4 Å². The second-order valence-electron chi connectivity index (χ2n) is 4.59. The van der Waals surface area contributed by atoms with E-state index in [1.165, 1.54) is 0 Å². The summed E-state index contributed by atoms with van der Waals surface area (Å²) < 4.78 is 33.7. The van der Waals surface area contributed by atoms with Crippen molar-refractivity contribution < 1.29 is 17.9 Å². The van der Waals surface area contributed by atoms with Gasteiger partial charge in [0.2, 0.25) is 0 Å². The molecule has 1 aromatic carbocycles. The van der Waals surface area contributed by atoms with Crippen molar-refractivity contribution in [2.75, 3.05) is 20.3 Å². The summed E-state index contributed by atoms with van der Waals surface area (Å²) in [5, 5.41) is 0. The quantitative estimate of drug-likeness (QED) is 0.599. The number of rotatable bonds is 6. The number of hydrogen-bond donors (Lipinski definition) is 0. The number of ether oxygens (including phenoxy) is 2. The molecule has 0 fully saturated rings. The molecule has 0 heterocycles. The summed E-state index contributed by atoms with van der Waals surface area (Å²) in [5.74, 6) is 0.693. The number of benzene rings is 1. The van der Waals surface area contributed by atoms with Crippen molar-refractivity contribution >= 4 is 19.7 Å². The summed E-state index contributed by atoms with van der Waals surface area (Å²) in [7, 11) is 3.32. The highest BCUT2D eigenvalue weighted by Crippen LogP contribution is 2.32. The van der Waals surface area contributed by atoms with E-state index >= 15 is 0 Å². The SMILES string of the molecule is COCCOc1cc(C(C)C)c(S(=O)(=O)Cl)cc1C. The van der Waals surface area contributed by atoms with Crippen molar-refractivity contribution in [1.82, 2.24) is 0 Å². The Balaban J connectivity index is 3.21. The van der Waals surface area contributed by atoms with Crippen LogP contribution in [-0.2, 0) is 13.8 Å². The molecule has 19 heavy (non-hydrogen) atoms. The standard InChI is InChI=1S/C13H19ClO4S/c1-9(2)11-8-12(18-6-5-17-4)10(3)7-13(11)19(14,15)16/h7-9H,5-6H2,1-4H3. The molecule has 0 saturated heterocycles. The molecule has 1 rings (SSSR count). The van der Waals surface area contributed by atoms with Crippen LogP contribution in [0.3, 0.4) is 0 Å². The van der Waals surface area contributed by atoms with Crippen molar-refractivity contribution in [3.63, 3.8) is 0 Å². The molecule has 6 heteroatoms. The van der Waals surface area contributed by atoms with Gasteiger partial charge in [0.25, 0.3) is 9.05 Å². The highest BCUT2D eigenvalue weighted by molar-refractivity contribution is 8.13. The average Bonchev–Trinajstić information content (AvgIpc) is 2.29. The predicted molar refractivity (Wildman–Crippen MR) is 75.7 cm³/mol. The largest absolute Gasteiger partial charge is 0.491 e. The van der Waals surface area contributed by atoms with Crippen LogP contribution >= 0.6 is 10.7 Å². The Kier molecular flexibility index (Phi) is 5.64. The van der Waals surface area contributed by atoms with Gasteiger partial charge in [-0.15, -0.1) is 0 Å². The first-order chi connectivity index (χ1) is 8.77. The van der Waals surface area contributed by atoms with Crippen molar-refractivity contribution in [3.8, 4) is 5.75 Å². The Bertz CT molecular complexity index is 538. The molecule has 0 spiro atoms. The number of hydrogen-bond acceptors (Lipinski definition) is 4. The van der Waals surface area contributed by atoms with E-state index < -0.39 is 9.05 Å². The second kappa shape index (κ2) is 6.59. The van der Waals surface area contributed by atoms with Gasteiger partial charge in [-0.3, -0.25) is 0 Å². The zero-order valence-corrected chi connectivity index (χ0v) is 13.1. The van der Waals surface area contributed by atoms with Crippen LogP contribution in [0.2, 0.25) is 0 Å². The molecule has 1 aromatic rings. The Morgan fingerprint density at radius 3 is 2.37 bits per heavy atom. The summed E-state index contributed by atoms with van der Waals surface area (Å²) in [6.45, 7) is 6.51. The van der Waals surface area contributed by atoms with Crippen molar-refractivity contribution in [3.05, 3.63) is 23.3 Å². The van der Waals surface area contributed by atoms with E-state index in [0.29, 0.717) is 24.5 Å². The summed E-state index contributed by atoms with van der Waals surface area (Å²) in [6, 6.07) is 3.30. The number of halogens is 1. The lowest BCUT2D eigenvalue weighted by Crippen LogP contribution is -2.07. The topological polar surface area (TPSA) is 52.6 Å². The molecule has 0 N–H and O–H groups in total. The van der Waals surface area contributed by atoms with Crippen LogP contribution in [0.1, 0.15) is 30.9 Å². The predicted octanol–water partition coefficient (Wildman–Crippen LogP) is 3.07. The smallest absolute Gasteiger partial charge is 0.261 e. The fourth-order valence-electron chi connectivity index (χ4n) is 1.73. The number of methoxy groups -OCH3 is 1. The highest BCUT2D eigenvalue weighted by Gasteiger charge is 2.20. The fraction of sp³-hybridized carbons (Fsp3) is 0.538. The molecule has 0 saturated carbocycles. The Morgan fingerprint density at radius 1 is 1.26 bits per heavy atom. The summed E-state index contributed by atoms with van der Waals surface area (Å²) in [5.41, 5.74) is 1.40. The monoisotopic (exact) mass is 306 g/mol. The molecule has 0 bridgehead atoms. The maximum absolute atomic E-state index is 11.6. The van der Waals surface area contributed by atoms with Crippen LogP contribution in [0.25, 0.3) is 0 Å². The highest BCUT2D eigenvalue weighted by atomic mass is 35.7. The minimum absolute atomic E-state index is 0.0360. The van der Waals surface area contributed by atoms with Gasteiger partial charge in [-0.2, -0.15) is 0 Å². The minimum atomic E-state index is -3.75. The third-order valence-corrected chi connectivity index (χ3v) is 4.11. The maximum Gasteiger partial charge on any atom is 0.261 e. The zero-order valence-electron chi connectivity index (χ0n) is 11.6. The van der Waals surface area contributed by atoms with E-state index in [4.69, 9.17) is 20.2 Å². The number of aryl methyl sites for hydroxylation is 1. The Labute approximate surface area is 119 Å². The van der Waals surface area contributed by atoms with Gasteiger partial charge >= 0.3 is 0 Å². The average molecular weight is 307 g/mol. The molecule has 0 amide bonds. The van der Waals surface area contributed by atoms with Crippen LogP contribution < -0.4 is 4.74 Å². The van der Waals surface area contributed by atoms with Gasteiger partial charge < -0.3 is 9.47 Å². The van der Waals surface area contributed by atoms with Crippen molar-refractivity contribution in [2.45, 2.75) is 31.6 Å². The van der Waals surface area contributed by atoms with Crippen LogP contribution in [0.15, 0.2) is 17.0 Å². The minimum Gasteiger partial charge on any atom is -0.491 e. The molecular weight excluding hydrogens is 288 g/mol. The van der Waals surface area contributed by atoms with Gasteiger partial charge in [0.05, 0.1) is 11.5 Å². The Morgan fingerprint density at radius 2 is 1.89 bits per heavy atom. The van der Waals surface area contributed by atoms with Crippen LogP contribution in [0.4, 0.5) is 0 Å². The van der Waals surface area contributed by atoms with Gasteiger partial charge in [0.15, 0.2) is 0 Å². The van der Waals surface area contributed by atoms with E-state index in [0.717, 1.165) is 5.56 Å². The van der Waals surface area contributed by atoms with E-state index in [9.17, 15) is 8.42 Å². The zero-order chi connectivity index (χ0) is 14.6. The lowest BCUT2D eigenvalue weighted by Gasteiger charge is -2.16. The molecule has 4 nitrogen and oxygen atoms in total. The van der Waals surface area contributed by atoms with E-state index in [2.05, 4.69) is 0 Å². The van der Waals surface area contributed by atoms with Crippen molar-refractivity contribution in [2.24, 2.45) is 0 Å². The van der Waals surface area contributed by atoms with Gasteiger partial charge in [-0.05, 0) is 36.1 Å². The first-order valence-corrected chi connectivity index (χ1v) is 8.29. The Hall–Kier alpha value is -0.780. The van der Waals surface area contributed by atoms with Crippen molar-refractivity contribution in [1.29, 1.82) is 0 Å². The van der Waals surface area contributed by atoms with Gasteiger partial charge in [-0.25, -0.2) is 8.42 Å². The molecule has 0 atom stereocenters. The van der Waals surface area contributed by atoms with E-state index in [-0.39, 0.29) is 10.8 Å². The first kappa shape index (κ1) is 16.3. The van der Waals surface area contributed by atoms with Gasteiger partial charge in [0, 0.05) is 17.8 Å². The van der Waals surface area contributed by atoms with Crippen LogP contribution in [0, 0.1) is 6.92 Å². The summed E-state index contributed by atoms with van der Waals surface area (Å²) in [6.07, 6.45) is 0. The third kappa shape index (κ3) is 4.37. The molecule has 0 aliphatic heterocycles. The van der Waals surface area contributed by atoms with Crippen LogP contribution in [0.5, 0.6) is 5.75 Å². The maximum atomic E-state index is 11.6. The third-order valence-electron chi connectivity index (χ3n) is 2.74. The molecule has 0 radical (unpaired) electrons.